The van der Waals surface area contributed by atoms with Gasteiger partial charge in [0.25, 0.3) is 5.91 Å². The van der Waals surface area contributed by atoms with Gasteiger partial charge < -0.3 is 11.5 Å². The number of fused-ring (bicyclic) bond motifs is 1. The average molecular weight is 210 g/mol. The quantitative estimate of drug-likeness (QED) is 0.738. The molecule has 1 aliphatic rings. The Morgan fingerprint density at radius 3 is 2.93 bits per heavy atom. The van der Waals surface area contributed by atoms with Crippen LogP contribution in [0, 0.1) is 5.92 Å². The van der Waals surface area contributed by atoms with Crippen molar-refractivity contribution in [1.82, 2.24) is 0 Å². The molecule has 0 radical (unpaired) electrons. The predicted molar refractivity (Wildman–Crippen MR) is 58.4 cm³/mol. The summed E-state index contributed by atoms with van der Waals surface area (Å²) < 4.78 is 0. The van der Waals surface area contributed by atoms with Crippen molar-refractivity contribution in [1.29, 1.82) is 0 Å². The Balaban J connectivity index is 2.49. The van der Waals surface area contributed by atoms with Crippen LogP contribution in [0.5, 0.6) is 0 Å². The van der Waals surface area contributed by atoms with Crippen LogP contribution in [0.25, 0.3) is 0 Å². The molecule has 3 nitrogen and oxygen atoms in total. The second-order valence-electron chi connectivity index (χ2n) is 3.96. The van der Waals surface area contributed by atoms with E-state index in [0.29, 0.717) is 16.5 Å². The van der Waals surface area contributed by atoms with Crippen LogP contribution >= 0.6 is 11.3 Å². The summed E-state index contributed by atoms with van der Waals surface area (Å²) in [7, 11) is 0. The Morgan fingerprint density at radius 1 is 1.57 bits per heavy atom. The molecule has 0 spiro atoms. The highest BCUT2D eigenvalue weighted by molar-refractivity contribution is 7.16. The van der Waals surface area contributed by atoms with Gasteiger partial charge in [0.1, 0.15) is 0 Å². The molecular weight excluding hydrogens is 196 g/mol. The number of nitrogen functional groups attached to an aromatic ring is 1. The van der Waals surface area contributed by atoms with Gasteiger partial charge in [0.05, 0.1) is 10.6 Å². The van der Waals surface area contributed by atoms with Crippen molar-refractivity contribution in [3.63, 3.8) is 0 Å². The van der Waals surface area contributed by atoms with Crippen molar-refractivity contribution < 1.29 is 4.79 Å². The largest absolute Gasteiger partial charge is 0.390 e. The minimum Gasteiger partial charge on any atom is -0.390 e. The zero-order valence-electron chi connectivity index (χ0n) is 8.17. The molecule has 4 heteroatoms. The first kappa shape index (κ1) is 9.52. The average Bonchev–Trinajstić information content (AvgIpc) is 2.39. The molecule has 1 amide bonds. The van der Waals surface area contributed by atoms with Gasteiger partial charge in [-0.15, -0.1) is 11.3 Å². The zero-order chi connectivity index (χ0) is 10.3. The molecule has 1 aromatic heterocycles. The molecule has 0 bridgehead atoms. The Hall–Kier alpha value is -1.03. The van der Waals surface area contributed by atoms with Gasteiger partial charge in [0.2, 0.25) is 0 Å². The van der Waals surface area contributed by atoms with E-state index in [4.69, 9.17) is 11.5 Å². The summed E-state index contributed by atoms with van der Waals surface area (Å²) in [4.78, 5) is 12.4. The van der Waals surface area contributed by atoms with Crippen LogP contribution < -0.4 is 11.5 Å². The van der Waals surface area contributed by atoms with E-state index in [-0.39, 0.29) is 5.91 Å². The van der Waals surface area contributed by atoms with Crippen molar-refractivity contribution in [2.75, 3.05) is 5.73 Å². The molecule has 2 rings (SSSR count). The lowest BCUT2D eigenvalue weighted by molar-refractivity contribution is 0.100. The topological polar surface area (TPSA) is 69.1 Å². The van der Waals surface area contributed by atoms with Crippen molar-refractivity contribution >= 4 is 22.2 Å². The molecule has 4 N–H and O–H groups in total. The Morgan fingerprint density at radius 2 is 2.29 bits per heavy atom. The molecule has 0 saturated carbocycles. The van der Waals surface area contributed by atoms with E-state index in [0.717, 1.165) is 24.8 Å². The number of anilines is 1. The van der Waals surface area contributed by atoms with Crippen molar-refractivity contribution in [3.8, 4) is 0 Å². The molecule has 1 aliphatic carbocycles. The van der Waals surface area contributed by atoms with Gasteiger partial charge in [-0.05, 0) is 30.7 Å². The molecule has 76 valence electrons. The maximum absolute atomic E-state index is 11.2. The fraction of sp³-hybridized carbons (Fsp3) is 0.500. The number of nitrogens with two attached hydrogens (primary N) is 2. The standard InChI is InChI=1S/C10H14N2OS/c1-5-2-3-6-7(4-5)14-10(12)8(6)9(11)13/h5H,2-4,12H2,1H3,(H2,11,13)/t5-/m1/s1. The zero-order valence-corrected chi connectivity index (χ0v) is 8.99. The molecule has 0 saturated heterocycles. The van der Waals surface area contributed by atoms with E-state index in [2.05, 4.69) is 6.92 Å². The van der Waals surface area contributed by atoms with E-state index in [1.807, 2.05) is 0 Å². The minimum atomic E-state index is -0.380. The Kier molecular flexibility index (Phi) is 2.23. The fourth-order valence-electron chi connectivity index (χ4n) is 2.04. The fourth-order valence-corrected chi connectivity index (χ4v) is 3.33. The lowest BCUT2D eigenvalue weighted by Gasteiger charge is -2.18. The molecule has 0 aliphatic heterocycles. The summed E-state index contributed by atoms with van der Waals surface area (Å²) in [6.45, 7) is 2.22. The van der Waals surface area contributed by atoms with Crippen LogP contribution in [0.15, 0.2) is 0 Å². The van der Waals surface area contributed by atoms with Crippen LogP contribution in [0.3, 0.4) is 0 Å². The van der Waals surface area contributed by atoms with Gasteiger partial charge in [-0.2, -0.15) is 0 Å². The van der Waals surface area contributed by atoms with Gasteiger partial charge in [-0.3, -0.25) is 4.79 Å². The Labute approximate surface area is 87.1 Å². The highest BCUT2D eigenvalue weighted by atomic mass is 32.1. The van der Waals surface area contributed by atoms with Gasteiger partial charge in [-0.25, -0.2) is 0 Å². The first-order valence-corrected chi connectivity index (χ1v) is 5.61. The molecule has 0 fully saturated rings. The van der Waals surface area contributed by atoms with Crippen LogP contribution in [-0.2, 0) is 12.8 Å². The molecule has 1 heterocycles. The minimum absolute atomic E-state index is 0.380. The lowest BCUT2D eigenvalue weighted by atomic mass is 9.88. The van der Waals surface area contributed by atoms with Crippen molar-refractivity contribution in [2.45, 2.75) is 26.2 Å². The molecule has 1 atom stereocenters. The molecule has 0 aromatic carbocycles. The van der Waals surface area contributed by atoms with Crippen LogP contribution in [0.4, 0.5) is 5.00 Å². The first-order chi connectivity index (χ1) is 6.59. The second-order valence-corrected chi connectivity index (χ2v) is 5.09. The van der Waals surface area contributed by atoms with Gasteiger partial charge in [0, 0.05) is 4.88 Å². The van der Waals surface area contributed by atoms with Crippen LogP contribution in [0.1, 0.15) is 34.1 Å². The van der Waals surface area contributed by atoms with Crippen molar-refractivity contribution in [2.24, 2.45) is 11.7 Å². The van der Waals surface area contributed by atoms with Crippen LogP contribution in [0.2, 0.25) is 0 Å². The van der Waals surface area contributed by atoms with E-state index >= 15 is 0 Å². The highest BCUT2D eigenvalue weighted by Gasteiger charge is 2.24. The maximum atomic E-state index is 11.2. The first-order valence-electron chi connectivity index (χ1n) is 4.79. The van der Waals surface area contributed by atoms with E-state index in [9.17, 15) is 4.79 Å². The monoisotopic (exact) mass is 210 g/mol. The summed E-state index contributed by atoms with van der Waals surface area (Å²) in [6.07, 6.45) is 3.11. The van der Waals surface area contributed by atoms with Crippen LogP contribution in [-0.4, -0.2) is 5.91 Å². The van der Waals surface area contributed by atoms with Gasteiger partial charge in [0.15, 0.2) is 0 Å². The molecule has 1 aromatic rings. The second kappa shape index (κ2) is 3.28. The third kappa shape index (κ3) is 1.39. The third-order valence-corrected chi connectivity index (χ3v) is 3.87. The smallest absolute Gasteiger partial charge is 0.251 e. The predicted octanol–water partition coefficient (Wildman–Crippen LogP) is 1.55. The number of hydrogen-bond donors (Lipinski definition) is 2. The number of carbonyl (C=O) groups excluding carboxylic acids is 1. The SMILES string of the molecule is C[C@@H]1CCc2c(sc(N)c2C(N)=O)C1. The van der Waals surface area contributed by atoms with E-state index in [1.165, 1.54) is 16.2 Å². The lowest BCUT2D eigenvalue weighted by Crippen LogP contribution is -2.17. The molecular formula is C10H14N2OS. The maximum Gasteiger partial charge on any atom is 0.251 e. The normalized spacial score (nSPS) is 20.5. The number of carbonyl (C=O) groups is 1. The Bertz CT molecular complexity index is 384. The van der Waals surface area contributed by atoms with Crippen molar-refractivity contribution in [3.05, 3.63) is 16.0 Å². The number of amides is 1. The number of thiophene rings is 1. The number of rotatable bonds is 1. The van der Waals surface area contributed by atoms with E-state index in [1.54, 1.807) is 0 Å². The summed E-state index contributed by atoms with van der Waals surface area (Å²) >= 11 is 1.53. The van der Waals surface area contributed by atoms with Gasteiger partial charge in [-0.1, -0.05) is 6.92 Å². The summed E-state index contributed by atoms with van der Waals surface area (Å²) in [5.74, 6) is 0.316. The molecule has 14 heavy (non-hydrogen) atoms. The molecule has 0 unspecified atom stereocenters. The number of primary amides is 1. The highest BCUT2D eigenvalue weighted by Crippen LogP contribution is 2.37. The summed E-state index contributed by atoms with van der Waals surface area (Å²) in [6, 6.07) is 0. The summed E-state index contributed by atoms with van der Waals surface area (Å²) in [5.41, 5.74) is 12.8. The number of hydrogen-bond acceptors (Lipinski definition) is 3. The summed E-state index contributed by atoms with van der Waals surface area (Å²) in [5, 5.41) is 0.594. The van der Waals surface area contributed by atoms with E-state index < -0.39 is 0 Å². The van der Waals surface area contributed by atoms with Gasteiger partial charge >= 0.3 is 0 Å². The third-order valence-electron chi connectivity index (χ3n) is 2.79.